The standard InChI is InChI=1S/C16H13N3/c17-10-13-2-1-3-16-15(13)8-9-19(16)11-12-4-6-14(18)7-5-12/h1-9H,11,18H2. The second kappa shape index (κ2) is 4.51. The molecule has 0 aliphatic heterocycles. The lowest BCUT2D eigenvalue weighted by atomic mass is 10.1. The summed E-state index contributed by atoms with van der Waals surface area (Å²) in [6, 6.07) is 17.9. The molecule has 1 heterocycles. The van der Waals surface area contributed by atoms with Gasteiger partial charge in [0.25, 0.3) is 0 Å². The van der Waals surface area contributed by atoms with Gasteiger partial charge in [0.1, 0.15) is 0 Å². The van der Waals surface area contributed by atoms with Crippen molar-refractivity contribution in [2.45, 2.75) is 6.54 Å². The Kier molecular flexibility index (Phi) is 2.70. The van der Waals surface area contributed by atoms with Gasteiger partial charge in [0.05, 0.1) is 11.6 Å². The van der Waals surface area contributed by atoms with Crippen LogP contribution in [0.1, 0.15) is 11.1 Å². The van der Waals surface area contributed by atoms with E-state index in [4.69, 9.17) is 11.0 Å². The summed E-state index contributed by atoms with van der Waals surface area (Å²) in [6.07, 6.45) is 2.02. The molecule has 3 rings (SSSR count). The molecule has 0 aliphatic carbocycles. The van der Waals surface area contributed by atoms with Gasteiger partial charge >= 0.3 is 0 Å². The van der Waals surface area contributed by atoms with Crippen LogP contribution < -0.4 is 5.73 Å². The lowest BCUT2D eigenvalue weighted by molar-refractivity contribution is 0.837. The van der Waals surface area contributed by atoms with Crippen molar-refractivity contribution in [2.75, 3.05) is 5.73 Å². The Morgan fingerprint density at radius 3 is 2.58 bits per heavy atom. The maximum atomic E-state index is 9.09. The van der Waals surface area contributed by atoms with Crippen molar-refractivity contribution in [1.29, 1.82) is 5.26 Å². The summed E-state index contributed by atoms with van der Waals surface area (Å²) in [5.41, 5.74) is 9.44. The average molecular weight is 247 g/mol. The van der Waals surface area contributed by atoms with E-state index in [-0.39, 0.29) is 0 Å². The molecule has 0 atom stereocenters. The number of fused-ring (bicyclic) bond motifs is 1. The minimum Gasteiger partial charge on any atom is -0.399 e. The molecule has 0 bridgehead atoms. The first-order valence-corrected chi connectivity index (χ1v) is 6.10. The van der Waals surface area contributed by atoms with Crippen LogP contribution in [0, 0.1) is 11.3 Å². The van der Waals surface area contributed by atoms with Gasteiger partial charge in [0.15, 0.2) is 0 Å². The first kappa shape index (κ1) is 11.4. The molecule has 0 unspecified atom stereocenters. The van der Waals surface area contributed by atoms with E-state index < -0.39 is 0 Å². The van der Waals surface area contributed by atoms with Gasteiger partial charge < -0.3 is 10.3 Å². The lowest BCUT2D eigenvalue weighted by Crippen LogP contribution is -1.98. The van der Waals surface area contributed by atoms with E-state index in [9.17, 15) is 0 Å². The normalized spacial score (nSPS) is 10.5. The van der Waals surface area contributed by atoms with E-state index in [1.165, 1.54) is 5.56 Å². The van der Waals surface area contributed by atoms with Crippen LogP contribution in [0.25, 0.3) is 10.9 Å². The Bertz CT molecular complexity index is 761. The van der Waals surface area contributed by atoms with Gasteiger partial charge in [0.2, 0.25) is 0 Å². The van der Waals surface area contributed by atoms with Gasteiger partial charge in [-0.05, 0) is 35.9 Å². The van der Waals surface area contributed by atoms with Crippen molar-refractivity contribution in [3.63, 3.8) is 0 Å². The summed E-state index contributed by atoms with van der Waals surface area (Å²) in [6.45, 7) is 0.776. The summed E-state index contributed by atoms with van der Waals surface area (Å²) < 4.78 is 2.14. The minimum atomic E-state index is 0.716. The molecule has 0 spiro atoms. The highest BCUT2D eigenvalue weighted by Gasteiger charge is 2.05. The summed E-state index contributed by atoms with van der Waals surface area (Å²) in [4.78, 5) is 0. The molecule has 1 aromatic heterocycles. The topological polar surface area (TPSA) is 54.7 Å². The number of anilines is 1. The summed E-state index contributed by atoms with van der Waals surface area (Å²) in [5.74, 6) is 0. The van der Waals surface area contributed by atoms with Crippen molar-refractivity contribution in [3.05, 3.63) is 65.9 Å². The van der Waals surface area contributed by atoms with Crippen LogP contribution in [0.2, 0.25) is 0 Å². The number of hydrogen-bond acceptors (Lipinski definition) is 2. The second-order valence-electron chi connectivity index (χ2n) is 4.54. The molecule has 2 N–H and O–H groups in total. The molecule has 3 heteroatoms. The Balaban J connectivity index is 2.02. The number of nitrogen functional groups attached to an aromatic ring is 1. The van der Waals surface area contributed by atoms with Gasteiger partial charge in [-0.3, -0.25) is 0 Å². The third-order valence-electron chi connectivity index (χ3n) is 3.27. The van der Waals surface area contributed by atoms with Crippen LogP contribution in [0.3, 0.4) is 0 Å². The third-order valence-corrected chi connectivity index (χ3v) is 3.27. The minimum absolute atomic E-state index is 0.716. The molecule has 0 saturated carbocycles. The van der Waals surface area contributed by atoms with Gasteiger partial charge in [0, 0.05) is 29.3 Å². The average Bonchev–Trinajstić information content (AvgIpc) is 2.84. The zero-order valence-electron chi connectivity index (χ0n) is 10.4. The number of rotatable bonds is 2. The molecule has 2 aromatic carbocycles. The van der Waals surface area contributed by atoms with Gasteiger partial charge in [-0.1, -0.05) is 18.2 Å². The molecule has 0 radical (unpaired) electrons. The van der Waals surface area contributed by atoms with Crippen LogP contribution in [0.5, 0.6) is 0 Å². The van der Waals surface area contributed by atoms with Crippen LogP contribution in [-0.2, 0) is 6.54 Å². The maximum Gasteiger partial charge on any atom is 0.0998 e. The first-order chi connectivity index (χ1) is 9.28. The van der Waals surface area contributed by atoms with E-state index in [0.717, 1.165) is 23.1 Å². The fourth-order valence-corrected chi connectivity index (χ4v) is 2.28. The molecule has 0 fully saturated rings. The van der Waals surface area contributed by atoms with Crippen molar-refractivity contribution in [3.8, 4) is 6.07 Å². The van der Waals surface area contributed by atoms with Crippen LogP contribution in [0.4, 0.5) is 5.69 Å². The van der Waals surface area contributed by atoms with Gasteiger partial charge in [-0.2, -0.15) is 5.26 Å². The number of nitrogens with two attached hydrogens (primary N) is 1. The Morgan fingerprint density at radius 2 is 1.84 bits per heavy atom. The lowest BCUT2D eigenvalue weighted by Gasteiger charge is -2.06. The maximum absolute atomic E-state index is 9.09. The molecule has 19 heavy (non-hydrogen) atoms. The Morgan fingerprint density at radius 1 is 1.05 bits per heavy atom. The SMILES string of the molecule is N#Cc1cccc2c1ccn2Cc1ccc(N)cc1. The largest absolute Gasteiger partial charge is 0.399 e. The number of aromatic nitrogens is 1. The number of hydrogen-bond donors (Lipinski definition) is 1. The van der Waals surface area contributed by atoms with Gasteiger partial charge in [-0.15, -0.1) is 0 Å². The molecule has 92 valence electrons. The fraction of sp³-hybridized carbons (Fsp3) is 0.0625. The quantitative estimate of drug-likeness (QED) is 0.707. The fourth-order valence-electron chi connectivity index (χ4n) is 2.28. The van der Waals surface area contributed by atoms with Crippen LogP contribution in [0.15, 0.2) is 54.7 Å². The molecule has 0 amide bonds. The predicted molar refractivity (Wildman–Crippen MR) is 76.6 cm³/mol. The van der Waals surface area contributed by atoms with Crippen molar-refractivity contribution in [1.82, 2.24) is 4.57 Å². The number of benzene rings is 2. The Hall–Kier alpha value is -2.73. The Labute approximate surface area is 111 Å². The van der Waals surface area contributed by atoms with Crippen LogP contribution >= 0.6 is 0 Å². The highest BCUT2D eigenvalue weighted by molar-refractivity contribution is 5.86. The van der Waals surface area contributed by atoms with E-state index in [0.29, 0.717) is 5.56 Å². The van der Waals surface area contributed by atoms with Crippen LogP contribution in [-0.4, -0.2) is 4.57 Å². The molecule has 3 aromatic rings. The summed E-state index contributed by atoms with van der Waals surface area (Å²) in [5, 5.41) is 10.1. The molecule has 0 aliphatic rings. The van der Waals surface area contributed by atoms with Crippen molar-refractivity contribution >= 4 is 16.6 Å². The monoisotopic (exact) mass is 247 g/mol. The van der Waals surface area contributed by atoms with E-state index in [2.05, 4.69) is 10.6 Å². The van der Waals surface area contributed by atoms with E-state index in [1.54, 1.807) is 0 Å². The third kappa shape index (κ3) is 2.04. The number of nitrogens with zero attached hydrogens (tertiary/aromatic N) is 2. The predicted octanol–water partition coefficient (Wildman–Crippen LogP) is 3.14. The summed E-state index contributed by atoms with van der Waals surface area (Å²) >= 11 is 0. The highest BCUT2D eigenvalue weighted by Crippen LogP contribution is 2.21. The van der Waals surface area contributed by atoms with Crippen molar-refractivity contribution in [2.24, 2.45) is 0 Å². The zero-order chi connectivity index (χ0) is 13.2. The van der Waals surface area contributed by atoms with Gasteiger partial charge in [-0.25, -0.2) is 0 Å². The smallest absolute Gasteiger partial charge is 0.0998 e. The molecular weight excluding hydrogens is 234 g/mol. The molecule has 3 nitrogen and oxygen atoms in total. The highest BCUT2D eigenvalue weighted by atomic mass is 14.9. The first-order valence-electron chi connectivity index (χ1n) is 6.10. The van der Waals surface area contributed by atoms with Crippen molar-refractivity contribution < 1.29 is 0 Å². The number of nitriles is 1. The van der Waals surface area contributed by atoms with E-state index >= 15 is 0 Å². The summed E-state index contributed by atoms with van der Waals surface area (Å²) in [7, 11) is 0. The zero-order valence-corrected chi connectivity index (χ0v) is 10.4. The molecule has 0 saturated heterocycles. The van der Waals surface area contributed by atoms with E-state index in [1.807, 2.05) is 54.7 Å². The second-order valence-corrected chi connectivity index (χ2v) is 4.54. The molecular formula is C16H13N3.